The molecular formula is C24H32O4. The van der Waals surface area contributed by atoms with Crippen LogP contribution < -0.4 is 4.74 Å². The van der Waals surface area contributed by atoms with Gasteiger partial charge in [-0.05, 0) is 63.8 Å². The van der Waals surface area contributed by atoms with Crippen molar-refractivity contribution < 1.29 is 19.0 Å². The summed E-state index contributed by atoms with van der Waals surface area (Å²) in [6.07, 6.45) is 13.1. The Morgan fingerprint density at radius 3 is 2.57 bits per heavy atom. The van der Waals surface area contributed by atoms with E-state index in [0.29, 0.717) is 36.7 Å². The Balaban J connectivity index is 2.41. The number of carbonyl (C=O) groups excluding carboxylic acids is 1. The molecule has 0 spiro atoms. The van der Waals surface area contributed by atoms with Gasteiger partial charge in [0, 0.05) is 17.7 Å². The molecule has 4 nitrogen and oxygen atoms in total. The van der Waals surface area contributed by atoms with E-state index in [-0.39, 0.29) is 6.29 Å². The summed E-state index contributed by atoms with van der Waals surface area (Å²) in [6, 6.07) is 5.12. The van der Waals surface area contributed by atoms with Crippen LogP contribution in [0.25, 0.3) is 0 Å². The molecule has 0 aliphatic carbocycles. The molecule has 1 aromatic carbocycles. The zero-order valence-corrected chi connectivity index (χ0v) is 17.5. The van der Waals surface area contributed by atoms with Gasteiger partial charge in [0.05, 0.1) is 6.61 Å². The number of rotatable bonds is 13. The highest BCUT2D eigenvalue weighted by Gasteiger charge is 2.04. The smallest absolute Gasteiger partial charge is 0.157 e. The van der Waals surface area contributed by atoms with Gasteiger partial charge < -0.3 is 14.2 Å². The minimum Gasteiger partial charge on any atom is -0.489 e. The second kappa shape index (κ2) is 13.8. The molecule has 1 aromatic rings. The van der Waals surface area contributed by atoms with Crippen molar-refractivity contribution in [2.24, 2.45) is 0 Å². The largest absolute Gasteiger partial charge is 0.489 e. The van der Waals surface area contributed by atoms with Crippen LogP contribution in [0.2, 0.25) is 0 Å². The van der Waals surface area contributed by atoms with E-state index in [9.17, 15) is 4.79 Å². The van der Waals surface area contributed by atoms with Gasteiger partial charge in [0.1, 0.15) is 18.6 Å². The lowest BCUT2D eigenvalue weighted by molar-refractivity contribution is -0.132. The zero-order valence-electron chi connectivity index (χ0n) is 17.5. The van der Waals surface area contributed by atoms with E-state index >= 15 is 0 Å². The van der Waals surface area contributed by atoms with Crippen LogP contribution in [0.5, 0.6) is 5.75 Å². The predicted molar refractivity (Wildman–Crippen MR) is 114 cm³/mol. The Morgan fingerprint density at radius 1 is 1.14 bits per heavy atom. The molecule has 0 aromatic heterocycles. The number of allylic oxidation sites excluding steroid dienone is 2. The van der Waals surface area contributed by atoms with Crippen LogP contribution in [-0.2, 0) is 9.47 Å². The van der Waals surface area contributed by atoms with Crippen LogP contribution >= 0.6 is 0 Å². The fourth-order valence-corrected chi connectivity index (χ4v) is 2.53. The maximum Gasteiger partial charge on any atom is 0.157 e. The second-order valence-corrected chi connectivity index (χ2v) is 6.61. The van der Waals surface area contributed by atoms with E-state index in [1.165, 1.54) is 5.57 Å². The predicted octanol–water partition coefficient (Wildman–Crippen LogP) is 5.32. The quantitative estimate of drug-likeness (QED) is 0.200. The van der Waals surface area contributed by atoms with Crippen molar-refractivity contribution >= 4 is 6.29 Å². The summed E-state index contributed by atoms with van der Waals surface area (Å²) in [5, 5.41) is 0. The van der Waals surface area contributed by atoms with Gasteiger partial charge in [0.15, 0.2) is 6.29 Å². The molecule has 152 valence electrons. The molecular weight excluding hydrogens is 352 g/mol. The highest BCUT2D eigenvalue weighted by molar-refractivity contribution is 5.76. The summed E-state index contributed by atoms with van der Waals surface area (Å²) in [6.45, 7) is 9.86. The molecule has 0 bridgehead atoms. The number of terminal acetylenes is 1. The molecule has 0 amide bonds. The van der Waals surface area contributed by atoms with Crippen molar-refractivity contribution in [3.8, 4) is 18.1 Å². The van der Waals surface area contributed by atoms with E-state index in [1.807, 2.05) is 13.8 Å². The molecule has 1 rings (SSSR count). The van der Waals surface area contributed by atoms with E-state index in [2.05, 4.69) is 31.9 Å². The van der Waals surface area contributed by atoms with Gasteiger partial charge in [-0.15, -0.1) is 6.42 Å². The van der Waals surface area contributed by atoms with Crippen molar-refractivity contribution in [2.75, 3.05) is 19.8 Å². The van der Waals surface area contributed by atoms with Crippen LogP contribution in [0.4, 0.5) is 0 Å². The van der Waals surface area contributed by atoms with Gasteiger partial charge in [-0.25, -0.2) is 0 Å². The zero-order chi connectivity index (χ0) is 20.8. The van der Waals surface area contributed by atoms with Crippen LogP contribution in [0, 0.1) is 12.3 Å². The molecule has 0 radical (unpaired) electrons. The molecule has 0 aliphatic heterocycles. The Morgan fingerprint density at radius 2 is 1.93 bits per heavy atom. The third kappa shape index (κ3) is 9.55. The number of benzene rings is 1. The number of hydrogen-bond donors (Lipinski definition) is 0. The monoisotopic (exact) mass is 384 g/mol. The molecule has 4 heteroatoms. The number of hydrogen-bond acceptors (Lipinski definition) is 4. The van der Waals surface area contributed by atoms with Gasteiger partial charge >= 0.3 is 0 Å². The third-order valence-electron chi connectivity index (χ3n) is 4.13. The molecule has 1 atom stereocenters. The lowest BCUT2D eigenvalue weighted by Crippen LogP contribution is -2.16. The lowest BCUT2D eigenvalue weighted by atomic mass is 10.1. The van der Waals surface area contributed by atoms with Gasteiger partial charge in [0.2, 0.25) is 0 Å². The number of ether oxygens (including phenoxy) is 3. The average Bonchev–Trinajstić information content (AvgIpc) is 2.71. The maximum absolute atomic E-state index is 11.0. The van der Waals surface area contributed by atoms with Gasteiger partial charge in [-0.3, -0.25) is 4.79 Å². The van der Waals surface area contributed by atoms with Crippen molar-refractivity contribution in [3.63, 3.8) is 0 Å². The third-order valence-corrected chi connectivity index (χ3v) is 4.13. The second-order valence-electron chi connectivity index (χ2n) is 6.61. The highest BCUT2D eigenvalue weighted by Crippen LogP contribution is 2.17. The minimum absolute atomic E-state index is 0.124. The van der Waals surface area contributed by atoms with Crippen LogP contribution in [0.1, 0.15) is 62.9 Å². The van der Waals surface area contributed by atoms with Gasteiger partial charge in [0.25, 0.3) is 0 Å². The standard InChI is InChI=1S/C24H32O4/c1-6-21-14-22(17-25)16-23(15-21)28-18-20(5)11-9-10-19(4)12-13-27-24(7-2)26-8-3/h1,11-12,14-17,24H,7-10,13,18H2,2-5H3/b19-12+,20-11+. The van der Waals surface area contributed by atoms with E-state index in [0.717, 1.165) is 31.1 Å². The summed E-state index contributed by atoms with van der Waals surface area (Å²) in [5.41, 5.74) is 3.57. The Bertz CT molecular complexity index is 710. The first kappa shape index (κ1) is 23.7. The summed E-state index contributed by atoms with van der Waals surface area (Å²) >= 11 is 0. The first-order valence-corrected chi connectivity index (χ1v) is 9.76. The van der Waals surface area contributed by atoms with Crippen LogP contribution in [-0.4, -0.2) is 32.4 Å². The first-order chi connectivity index (χ1) is 13.5. The van der Waals surface area contributed by atoms with E-state index in [1.54, 1.807) is 18.2 Å². The van der Waals surface area contributed by atoms with Crippen LogP contribution in [0.15, 0.2) is 41.5 Å². The molecule has 0 aliphatic rings. The molecule has 0 saturated heterocycles. The van der Waals surface area contributed by atoms with Crippen molar-refractivity contribution in [2.45, 2.75) is 53.2 Å². The summed E-state index contributed by atoms with van der Waals surface area (Å²) in [4.78, 5) is 11.0. The van der Waals surface area contributed by atoms with Crippen LogP contribution in [0.3, 0.4) is 0 Å². The molecule has 1 unspecified atom stereocenters. The van der Waals surface area contributed by atoms with E-state index < -0.39 is 0 Å². The van der Waals surface area contributed by atoms with Gasteiger partial charge in [-0.1, -0.05) is 30.6 Å². The molecule has 0 heterocycles. The average molecular weight is 385 g/mol. The molecule has 0 saturated carbocycles. The summed E-state index contributed by atoms with van der Waals surface area (Å²) in [7, 11) is 0. The SMILES string of the molecule is C#Cc1cc(C=O)cc(OC/C(C)=C/CC/C(C)=C/COC(CC)OCC)c1. The Labute approximate surface area is 169 Å². The number of aldehydes is 1. The fraction of sp³-hybridized carbons (Fsp3) is 0.458. The Kier molecular flexibility index (Phi) is 11.6. The Hall–Kier alpha value is -2.35. The van der Waals surface area contributed by atoms with Crippen molar-refractivity contribution in [3.05, 3.63) is 52.6 Å². The van der Waals surface area contributed by atoms with Gasteiger partial charge in [-0.2, -0.15) is 0 Å². The summed E-state index contributed by atoms with van der Waals surface area (Å²) < 4.78 is 16.9. The molecule has 0 fully saturated rings. The summed E-state index contributed by atoms with van der Waals surface area (Å²) in [5.74, 6) is 3.14. The highest BCUT2D eigenvalue weighted by atomic mass is 16.7. The minimum atomic E-state index is -0.124. The fourth-order valence-electron chi connectivity index (χ4n) is 2.53. The van der Waals surface area contributed by atoms with E-state index in [4.69, 9.17) is 20.6 Å². The molecule has 0 N–H and O–H groups in total. The first-order valence-electron chi connectivity index (χ1n) is 9.76. The van der Waals surface area contributed by atoms with Crippen molar-refractivity contribution in [1.82, 2.24) is 0 Å². The topological polar surface area (TPSA) is 44.8 Å². The normalized spacial score (nSPS) is 13.1. The molecule has 28 heavy (non-hydrogen) atoms. The van der Waals surface area contributed by atoms with Crippen molar-refractivity contribution in [1.29, 1.82) is 0 Å². The lowest BCUT2D eigenvalue weighted by Gasteiger charge is -2.14. The maximum atomic E-state index is 11.0. The number of carbonyl (C=O) groups is 1.